The van der Waals surface area contributed by atoms with Crippen molar-refractivity contribution in [3.63, 3.8) is 0 Å². The molecule has 30 heavy (non-hydrogen) atoms. The minimum atomic E-state index is -0.626. The molecule has 0 aliphatic heterocycles. The highest BCUT2D eigenvalue weighted by atomic mass is 35.5. The third kappa shape index (κ3) is 3.11. The summed E-state index contributed by atoms with van der Waals surface area (Å²) in [5.74, 6) is 0.582. The van der Waals surface area contributed by atoms with Gasteiger partial charge in [-0.2, -0.15) is 5.10 Å². The van der Waals surface area contributed by atoms with Gasteiger partial charge >= 0.3 is 0 Å². The minimum absolute atomic E-state index is 0.169. The molecule has 1 N–H and O–H groups in total. The highest BCUT2D eigenvalue weighted by molar-refractivity contribution is 6.33. The second kappa shape index (κ2) is 7.04. The minimum Gasteiger partial charge on any atom is -0.390 e. The molecule has 1 saturated carbocycles. The fraction of sp³-hybridized carbons (Fsp3) is 0.273. The van der Waals surface area contributed by atoms with Gasteiger partial charge < -0.3 is 9.63 Å². The summed E-state index contributed by atoms with van der Waals surface area (Å²) in [6.45, 7) is 3.85. The van der Waals surface area contributed by atoms with Gasteiger partial charge in [-0.1, -0.05) is 35.0 Å². The molecule has 0 bridgehead atoms. The van der Waals surface area contributed by atoms with Gasteiger partial charge in [0.1, 0.15) is 12.0 Å². The van der Waals surface area contributed by atoms with E-state index in [1.54, 1.807) is 12.4 Å². The Labute approximate surface area is 178 Å². The lowest BCUT2D eigenvalue weighted by Crippen LogP contribution is -2.42. The van der Waals surface area contributed by atoms with Crippen LogP contribution in [0.3, 0.4) is 0 Å². The number of halogens is 1. The average Bonchev–Trinajstić information content (AvgIpc) is 3.30. The number of benzene rings is 1. The molecule has 7 nitrogen and oxygen atoms in total. The summed E-state index contributed by atoms with van der Waals surface area (Å²) >= 11 is 6.45. The van der Waals surface area contributed by atoms with Gasteiger partial charge in [0.15, 0.2) is 5.76 Å². The molecule has 0 spiro atoms. The van der Waals surface area contributed by atoms with Crippen LogP contribution in [-0.4, -0.2) is 35.6 Å². The molecule has 8 heteroatoms. The maximum Gasteiger partial charge on any atom is 0.180 e. The largest absolute Gasteiger partial charge is 0.390 e. The van der Waals surface area contributed by atoms with Gasteiger partial charge in [-0.25, -0.2) is 9.97 Å². The van der Waals surface area contributed by atoms with E-state index in [0.717, 1.165) is 22.4 Å². The lowest BCUT2D eigenvalue weighted by atomic mass is 9.77. The Kier molecular flexibility index (Phi) is 4.45. The number of rotatable bonds is 4. The van der Waals surface area contributed by atoms with Crippen LogP contribution in [0.4, 0.5) is 0 Å². The first-order valence-corrected chi connectivity index (χ1v) is 10.1. The van der Waals surface area contributed by atoms with Crippen LogP contribution >= 0.6 is 11.6 Å². The number of aromatic nitrogens is 5. The van der Waals surface area contributed by atoms with E-state index in [4.69, 9.17) is 16.1 Å². The van der Waals surface area contributed by atoms with Crippen molar-refractivity contribution >= 4 is 11.6 Å². The first kappa shape index (κ1) is 19.0. The molecule has 1 aromatic carbocycles. The predicted molar refractivity (Wildman–Crippen MR) is 113 cm³/mol. The zero-order valence-electron chi connectivity index (χ0n) is 16.6. The van der Waals surface area contributed by atoms with Crippen LogP contribution in [0.5, 0.6) is 0 Å². The van der Waals surface area contributed by atoms with Crippen molar-refractivity contribution in [1.29, 1.82) is 0 Å². The molecule has 0 radical (unpaired) electrons. The quantitative estimate of drug-likeness (QED) is 0.513. The molecular weight excluding hydrogens is 402 g/mol. The van der Waals surface area contributed by atoms with Crippen LogP contribution in [-0.2, 0) is 0 Å². The summed E-state index contributed by atoms with van der Waals surface area (Å²) in [4.78, 5) is 8.45. The molecule has 5 rings (SSSR count). The lowest BCUT2D eigenvalue weighted by molar-refractivity contribution is -0.0548. The SMILES string of the molecule is Cc1c(-c2onc(-c3ccccc3Cl)c2-c2ccncn2)cnn1C1CC(C)(O)C1. The Bertz CT molecular complexity index is 1210. The van der Waals surface area contributed by atoms with Crippen molar-refractivity contribution < 1.29 is 9.63 Å². The van der Waals surface area contributed by atoms with E-state index in [1.807, 2.05) is 48.9 Å². The van der Waals surface area contributed by atoms with E-state index in [9.17, 15) is 5.11 Å². The first-order valence-electron chi connectivity index (χ1n) is 9.72. The van der Waals surface area contributed by atoms with Gasteiger partial charge in [-0.3, -0.25) is 4.68 Å². The van der Waals surface area contributed by atoms with Gasteiger partial charge in [-0.05, 0) is 38.8 Å². The Balaban J connectivity index is 1.66. The van der Waals surface area contributed by atoms with Crippen molar-refractivity contribution in [2.45, 2.75) is 38.3 Å². The summed E-state index contributed by atoms with van der Waals surface area (Å²) in [5, 5.41) is 19.6. The first-order chi connectivity index (χ1) is 14.4. The molecule has 3 heterocycles. The van der Waals surface area contributed by atoms with Crippen molar-refractivity contribution in [1.82, 2.24) is 24.9 Å². The number of nitrogens with zero attached hydrogens (tertiary/aromatic N) is 5. The van der Waals surface area contributed by atoms with Crippen LogP contribution in [0.2, 0.25) is 5.02 Å². The second-order valence-corrected chi connectivity index (χ2v) is 8.36. The monoisotopic (exact) mass is 421 g/mol. The van der Waals surface area contributed by atoms with Crippen LogP contribution in [0.25, 0.3) is 33.8 Å². The molecule has 0 amide bonds. The molecule has 0 saturated heterocycles. The van der Waals surface area contributed by atoms with E-state index >= 15 is 0 Å². The van der Waals surface area contributed by atoms with E-state index in [2.05, 4.69) is 20.2 Å². The zero-order valence-corrected chi connectivity index (χ0v) is 17.3. The Morgan fingerprint density at radius 3 is 2.70 bits per heavy atom. The average molecular weight is 422 g/mol. The highest BCUT2D eigenvalue weighted by Gasteiger charge is 2.41. The highest BCUT2D eigenvalue weighted by Crippen LogP contribution is 2.45. The van der Waals surface area contributed by atoms with Gasteiger partial charge in [0, 0.05) is 17.5 Å². The topological polar surface area (TPSA) is 89.9 Å². The van der Waals surface area contributed by atoms with Gasteiger partial charge in [0.2, 0.25) is 0 Å². The molecule has 1 aliphatic rings. The van der Waals surface area contributed by atoms with Gasteiger partial charge in [0.25, 0.3) is 0 Å². The van der Waals surface area contributed by atoms with Crippen molar-refractivity contribution in [3.8, 4) is 33.8 Å². The summed E-state index contributed by atoms with van der Waals surface area (Å²) in [7, 11) is 0. The summed E-state index contributed by atoms with van der Waals surface area (Å²) in [5.41, 5.74) is 3.98. The standard InChI is InChI=1S/C22H20ClN5O2/c1-13-16(11-26-28(13)14-9-22(2,29)10-14)21-19(18-7-8-24-12-25-18)20(27-30-21)15-5-3-4-6-17(15)23/h3-8,11-12,14,29H,9-10H2,1-2H3. The number of hydrogen-bond acceptors (Lipinski definition) is 6. The Morgan fingerprint density at radius 2 is 2.00 bits per heavy atom. The zero-order chi connectivity index (χ0) is 20.9. The summed E-state index contributed by atoms with van der Waals surface area (Å²) in [6, 6.07) is 9.49. The molecule has 0 atom stereocenters. The van der Waals surface area contributed by atoms with E-state index in [-0.39, 0.29) is 6.04 Å². The molecule has 1 aliphatic carbocycles. The van der Waals surface area contributed by atoms with E-state index in [0.29, 0.717) is 35.0 Å². The molecule has 1 fully saturated rings. The fourth-order valence-electron chi connectivity index (χ4n) is 4.13. The van der Waals surface area contributed by atoms with Crippen LogP contribution < -0.4 is 0 Å². The number of hydrogen-bond donors (Lipinski definition) is 1. The molecule has 4 aromatic rings. The van der Waals surface area contributed by atoms with Crippen LogP contribution in [0.15, 0.2) is 53.6 Å². The van der Waals surface area contributed by atoms with Crippen molar-refractivity contribution in [2.75, 3.05) is 0 Å². The van der Waals surface area contributed by atoms with Gasteiger partial charge in [-0.15, -0.1) is 0 Å². The third-order valence-electron chi connectivity index (χ3n) is 5.65. The number of aliphatic hydroxyl groups is 1. The maximum atomic E-state index is 10.1. The summed E-state index contributed by atoms with van der Waals surface area (Å²) < 4.78 is 7.79. The van der Waals surface area contributed by atoms with Gasteiger partial charge in [0.05, 0.1) is 39.7 Å². The maximum absolute atomic E-state index is 10.1. The van der Waals surface area contributed by atoms with Crippen molar-refractivity contribution in [3.05, 3.63) is 59.8 Å². The van der Waals surface area contributed by atoms with Crippen molar-refractivity contribution in [2.24, 2.45) is 0 Å². The van der Waals surface area contributed by atoms with Crippen LogP contribution in [0, 0.1) is 6.92 Å². The smallest absolute Gasteiger partial charge is 0.180 e. The summed E-state index contributed by atoms with van der Waals surface area (Å²) in [6.07, 6.45) is 6.31. The second-order valence-electron chi connectivity index (χ2n) is 7.96. The molecule has 0 unspecified atom stereocenters. The normalized spacial score (nSPS) is 20.9. The Hall–Kier alpha value is -3.03. The Morgan fingerprint density at radius 1 is 1.20 bits per heavy atom. The molecule has 152 valence electrons. The lowest BCUT2D eigenvalue weighted by Gasteiger charge is -2.41. The predicted octanol–water partition coefficient (Wildman–Crippen LogP) is 4.71. The van der Waals surface area contributed by atoms with E-state index < -0.39 is 5.60 Å². The molecular formula is C22H20ClN5O2. The molecule has 3 aromatic heterocycles. The fourth-order valence-corrected chi connectivity index (χ4v) is 4.36. The van der Waals surface area contributed by atoms with E-state index in [1.165, 1.54) is 6.33 Å². The van der Waals surface area contributed by atoms with Crippen LogP contribution in [0.1, 0.15) is 31.5 Å². The third-order valence-corrected chi connectivity index (χ3v) is 5.97.